The third kappa shape index (κ3) is 59.2. The van der Waals surface area contributed by atoms with Crippen LogP contribution in [0, 0.1) is 0 Å². The summed E-state index contributed by atoms with van der Waals surface area (Å²) in [5.41, 5.74) is 0. The zero-order valence-corrected chi connectivity index (χ0v) is 44.8. The lowest BCUT2D eigenvalue weighted by Crippen LogP contribution is -2.05. The number of rotatable bonds is 58. The van der Waals surface area contributed by atoms with E-state index in [0.29, 0.717) is 13.0 Å². The standard InChI is InChI=1S/C62H122O2/c1-3-5-7-9-11-13-15-17-19-20-21-22-23-24-25-26-27-28-29-30-31-32-33-34-35-36-37-38-39-40-41-42-43-44-45-47-49-51-53-55-57-59-61-64-62(63)60-58-56-54-52-50-48-46-18-16-14-12-10-8-6-4-2/h18,46H,3-17,19-45,47-61H2,1-2H3. The topological polar surface area (TPSA) is 26.3 Å². The zero-order valence-electron chi connectivity index (χ0n) is 44.8. The molecule has 0 saturated heterocycles. The monoisotopic (exact) mass is 899 g/mol. The van der Waals surface area contributed by atoms with Crippen LogP contribution in [0.3, 0.4) is 0 Å². The van der Waals surface area contributed by atoms with Crippen molar-refractivity contribution in [3.8, 4) is 0 Å². The van der Waals surface area contributed by atoms with Crippen molar-refractivity contribution >= 4 is 5.97 Å². The molecule has 0 bridgehead atoms. The van der Waals surface area contributed by atoms with Gasteiger partial charge in [-0.3, -0.25) is 4.79 Å². The van der Waals surface area contributed by atoms with Crippen molar-refractivity contribution in [3.05, 3.63) is 12.2 Å². The van der Waals surface area contributed by atoms with Gasteiger partial charge in [0.15, 0.2) is 0 Å². The van der Waals surface area contributed by atoms with Crippen molar-refractivity contribution in [3.63, 3.8) is 0 Å². The molecule has 0 aromatic heterocycles. The average molecular weight is 900 g/mol. The molecular formula is C62H122O2. The molecule has 0 rings (SSSR count). The molecule has 0 aromatic rings. The molecule has 0 atom stereocenters. The highest BCUT2D eigenvalue weighted by Gasteiger charge is 2.03. The molecule has 2 nitrogen and oxygen atoms in total. The predicted octanol–water partition coefficient (Wildman–Crippen LogP) is 23.0. The summed E-state index contributed by atoms with van der Waals surface area (Å²) in [5.74, 6) is 0.0228. The van der Waals surface area contributed by atoms with Gasteiger partial charge < -0.3 is 4.74 Å². The number of ether oxygens (including phenoxy) is 1. The van der Waals surface area contributed by atoms with E-state index in [1.165, 1.54) is 334 Å². The number of allylic oxidation sites excluding steroid dienone is 2. The summed E-state index contributed by atoms with van der Waals surface area (Å²) in [5, 5.41) is 0. The molecule has 0 unspecified atom stereocenters. The molecule has 0 amide bonds. The minimum atomic E-state index is 0.0228. The highest BCUT2D eigenvalue weighted by molar-refractivity contribution is 5.69. The van der Waals surface area contributed by atoms with Crippen molar-refractivity contribution in [2.45, 2.75) is 373 Å². The molecule has 0 heterocycles. The van der Waals surface area contributed by atoms with Gasteiger partial charge in [-0.15, -0.1) is 0 Å². The molecule has 0 saturated carbocycles. The maximum Gasteiger partial charge on any atom is 0.305 e. The molecule has 0 aromatic carbocycles. The van der Waals surface area contributed by atoms with E-state index in [-0.39, 0.29) is 5.97 Å². The molecule has 2 heteroatoms. The molecule has 0 aliphatic carbocycles. The lowest BCUT2D eigenvalue weighted by molar-refractivity contribution is -0.143. The predicted molar refractivity (Wildman–Crippen MR) is 290 cm³/mol. The van der Waals surface area contributed by atoms with E-state index in [2.05, 4.69) is 26.0 Å². The Morgan fingerprint density at radius 1 is 0.250 bits per heavy atom. The molecule has 0 N–H and O–H groups in total. The lowest BCUT2D eigenvalue weighted by atomic mass is 10.0. The van der Waals surface area contributed by atoms with Gasteiger partial charge in [0, 0.05) is 6.42 Å². The molecule has 0 aliphatic rings. The number of carbonyl (C=O) groups is 1. The Morgan fingerprint density at radius 3 is 0.672 bits per heavy atom. The summed E-state index contributed by atoms with van der Waals surface area (Å²) in [4.78, 5) is 12.0. The van der Waals surface area contributed by atoms with Gasteiger partial charge in [-0.25, -0.2) is 0 Å². The van der Waals surface area contributed by atoms with Gasteiger partial charge in [-0.1, -0.05) is 341 Å². The van der Waals surface area contributed by atoms with E-state index in [4.69, 9.17) is 4.74 Å². The third-order valence-electron chi connectivity index (χ3n) is 14.4. The maximum absolute atomic E-state index is 12.0. The van der Waals surface area contributed by atoms with Crippen LogP contribution in [-0.2, 0) is 9.53 Å². The molecule has 0 aliphatic heterocycles. The number of unbranched alkanes of at least 4 members (excludes halogenated alkanes) is 52. The lowest BCUT2D eigenvalue weighted by Gasteiger charge is -2.06. The summed E-state index contributed by atoms with van der Waals surface area (Å²) in [7, 11) is 0. The second kappa shape index (κ2) is 60.2. The molecule has 0 spiro atoms. The Hall–Kier alpha value is -0.790. The quantitative estimate of drug-likeness (QED) is 0.0345. The Bertz CT molecular complexity index is 848. The third-order valence-corrected chi connectivity index (χ3v) is 14.4. The highest BCUT2D eigenvalue weighted by Crippen LogP contribution is 2.19. The van der Waals surface area contributed by atoms with Crippen LogP contribution in [0.15, 0.2) is 12.2 Å². The normalized spacial score (nSPS) is 11.7. The summed E-state index contributed by atoms with van der Waals surface area (Å²) < 4.78 is 5.49. The van der Waals surface area contributed by atoms with Gasteiger partial charge in [-0.2, -0.15) is 0 Å². The first kappa shape index (κ1) is 63.2. The fourth-order valence-electron chi connectivity index (χ4n) is 9.84. The number of hydrogen-bond donors (Lipinski definition) is 0. The first-order valence-electron chi connectivity index (χ1n) is 30.6. The van der Waals surface area contributed by atoms with Crippen LogP contribution in [0.25, 0.3) is 0 Å². The van der Waals surface area contributed by atoms with Crippen LogP contribution in [0.2, 0.25) is 0 Å². The van der Waals surface area contributed by atoms with Crippen molar-refractivity contribution in [1.82, 2.24) is 0 Å². The van der Waals surface area contributed by atoms with Crippen LogP contribution in [-0.4, -0.2) is 12.6 Å². The van der Waals surface area contributed by atoms with Crippen molar-refractivity contribution in [2.75, 3.05) is 6.61 Å². The van der Waals surface area contributed by atoms with E-state index in [0.717, 1.165) is 19.3 Å². The van der Waals surface area contributed by atoms with E-state index < -0.39 is 0 Å². The van der Waals surface area contributed by atoms with Gasteiger partial charge in [0.2, 0.25) is 0 Å². The molecule has 0 radical (unpaired) electrons. The molecular weight excluding hydrogens is 777 g/mol. The molecule has 382 valence electrons. The summed E-state index contributed by atoms with van der Waals surface area (Å²) >= 11 is 0. The van der Waals surface area contributed by atoms with Gasteiger partial charge in [0.1, 0.15) is 0 Å². The fourth-order valence-corrected chi connectivity index (χ4v) is 9.84. The minimum Gasteiger partial charge on any atom is -0.466 e. The Balaban J connectivity index is 3.13. The van der Waals surface area contributed by atoms with Crippen LogP contribution in [0.4, 0.5) is 0 Å². The number of carbonyl (C=O) groups excluding carboxylic acids is 1. The summed E-state index contributed by atoms with van der Waals surface area (Å²) in [6, 6.07) is 0. The maximum atomic E-state index is 12.0. The summed E-state index contributed by atoms with van der Waals surface area (Å²) in [6.45, 7) is 5.22. The van der Waals surface area contributed by atoms with Gasteiger partial charge in [0.05, 0.1) is 6.61 Å². The molecule has 0 fully saturated rings. The Morgan fingerprint density at radius 2 is 0.438 bits per heavy atom. The Labute approximate surface area is 406 Å². The van der Waals surface area contributed by atoms with Crippen LogP contribution < -0.4 is 0 Å². The highest BCUT2D eigenvalue weighted by atomic mass is 16.5. The van der Waals surface area contributed by atoms with E-state index in [1.54, 1.807) is 0 Å². The number of esters is 1. The van der Waals surface area contributed by atoms with Gasteiger partial charge in [0.25, 0.3) is 0 Å². The first-order chi connectivity index (χ1) is 31.8. The van der Waals surface area contributed by atoms with Crippen molar-refractivity contribution < 1.29 is 9.53 Å². The number of hydrogen-bond acceptors (Lipinski definition) is 2. The average Bonchev–Trinajstić information content (AvgIpc) is 3.30. The smallest absolute Gasteiger partial charge is 0.305 e. The van der Waals surface area contributed by atoms with E-state index in [9.17, 15) is 4.79 Å². The van der Waals surface area contributed by atoms with Crippen LogP contribution in [0.1, 0.15) is 373 Å². The minimum absolute atomic E-state index is 0.0228. The first-order valence-corrected chi connectivity index (χ1v) is 30.6. The van der Waals surface area contributed by atoms with E-state index in [1.807, 2.05) is 0 Å². The fraction of sp³-hybridized carbons (Fsp3) is 0.952. The van der Waals surface area contributed by atoms with E-state index >= 15 is 0 Å². The largest absolute Gasteiger partial charge is 0.466 e. The van der Waals surface area contributed by atoms with Gasteiger partial charge >= 0.3 is 5.97 Å². The van der Waals surface area contributed by atoms with Crippen LogP contribution in [0.5, 0.6) is 0 Å². The second-order valence-electron chi connectivity index (χ2n) is 21.1. The van der Waals surface area contributed by atoms with Crippen molar-refractivity contribution in [2.24, 2.45) is 0 Å². The van der Waals surface area contributed by atoms with Crippen LogP contribution >= 0.6 is 0 Å². The molecule has 64 heavy (non-hydrogen) atoms. The zero-order chi connectivity index (χ0) is 46.0. The second-order valence-corrected chi connectivity index (χ2v) is 21.1. The van der Waals surface area contributed by atoms with Gasteiger partial charge in [-0.05, 0) is 38.5 Å². The SMILES string of the molecule is CCCCCCCCC=CCCCCCCCC(=O)OCCCCCCCCCCCCCCCCCCCCCCCCCCCCCCCCCCCCCCCCCCCC. The summed E-state index contributed by atoms with van der Waals surface area (Å²) in [6.07, 6.45) is 82.9. The Kier molecular flexibility index (Phi) is 59.5. The van der Waals surface area contributed by atoms with Crippen molar-refractivity contribution in [1.29, 1.82) is 0 Å².